The average molecular weight is 387 g/mol. The highest BCUT2D eigenvalue weighted by molar-refractivity contribution is 5.31. The van der Waals surface area contributed by atoms with Crippen molar-refractivity contribution in [3.05, 3.63) is 102 Å². The van der Waals surface area contributed by atoms with Crippen molar-refractivity contribution in [1.82, 2.24) is 0 Å². The molecule has 3 aromatic rings. The molecule has 1 heteroatoms. The number of hydrogen-bond donors (Lipinski definition) is 1. The van der Waals surface area contributed by atoms with Crippen LogP contribution >= 0.6 is 0 Å². The Balaban J connectivity index is 1.88. The second kappa shape index (κ2) is 8.86. The lowest BCUT2D eigenvalue weighted by molar-refractivity contribution is 0.183. The van der Waals surface area contributed by atoms with Crippen molar-refractivity contribution in [2.24, 2.45) is 5.92 Å². The molecule has 0 heterocycles. The van der Waals surface area contributed by atoms with E-state index in [1.165, 1.54) is 16.7 Å². The van der Waals surface area contributed by atoms with Crippen LogP contribution in [-0.4, -0.2) is 5.11 Å². The van der Waals surface area contributed by atoms with Crippen molar-refractivity contribution in [3.8, 4) is 5.75 Å². The maximum absolute atomic E-state index is 9.54. The third-order valence-corrected chi connectivity index (χ3v) is 6.67. The summed E-state index contributed by atoms with van der Waals surface area (Å²) in [7, 11) is 0. The van der Waals surface area contributed by atoms with E-state index in [-0.39, 0.29) is 10.8 Å². The molecule has 0 radical (unpaired) electrons. The van der Waals surface area contributed by atoms with Gasteiger partial charge in [-0.1, -0.05) is 100 Å². The molecule has 3 aromatic carbocycles. The molecule has 0 unspecified atom stereocenters. The number of aryl methyl sites for hydroxylation is 1. The van der Waals surface area contributed by atoms with Gasteiger partial charge in [-0.3, -0.25) is 0 Å². The highest BCUT2D eigenvalue weighted by Gasteiger charge is 2.41. The maximum atomic E-state index is 9.54. The largest absolute Gasteiger partial charge is 0.508 e. The third kappa shape index (κ3) is 4.90. The van der Waals surface area contributed by atoms with Crippen LogP contribution in [0.1, 0.15) is 57.2 Å². The van der Waals surface area contributed by atoms with Gasteiger partial charge < -0.3 is 5.11 Å². The van der Waals surface area contributed by atoms with Gasteiger partial charge in [0.05, 0.1) is 0 Å². The number of phenolic OH excluding ortho intramolecular Hbond substituents is 1. The Kier molecular flexibility index (Phi) is 6.47. The van der Waals surface area contributed by atoms with Gasteiger partial charge in [-0.15, -0.1) is 0 Å². The van der Waals surface area contributed by atoms with E-state index < -0.39 is 0 Å². The topological polar surface area (TPSA) is 20.2 Å². The number of phenols is 1. The van der Waals surface area contributed by atoms with Crippen LogP contribution in [-0.2, 0) is 17.3 Å². The first kappa shape index (κ1) is 21.2. The Morgan fingerprint density at radius 1 is 0.655 bits per heavy atom. The minimum Gasteiger partial charge on any atom is -0.508 e. The predicted octanol–water partition coefficient (Wildman–Crippen LogP) is 7.29. The molecular weight excluding hydrogens is 352 g/mol. The highest BCUT2D eigenvalue weighted by atomic mass is 16.3. The SMILES string of the molecule is CC(C)(c1ccccc1)C(CCCc1ccc(O)cc1)C(C)(C)c1ccccc1. The second-order valence-corrected chi connectivity index (χ2v) is 9.29. The van der Waals surface area contributed by atoms with E-state index in [9.17, 15) is 5.11 Å². The Morgan fingerprint density at radius 3 is 1.55 bits per heavy atom. The molecule has 1 N–H and O–H groups in total. The van der Waals surface area contributed by atoms with Gasteiger partial charge in [0.15, 0.2) is 0 Å². The fourth-order valence-corrected chi connectivity index (χ4v) is 4.93. The van der Waals surface area contributed by atoms with Crippen LogP contribution in [0.4, 0.5) is 0 Å². The lowest BCUT2D eigenvalue weighted by Crippen LogP contribution is -2.42. The molecule has 0 aliphatic carbocycles. The normalized spacial score (nSPS) is 12.3. The van der Waals surface area contributed by atoms with E-state index in [4.69, 9.17) is 0 Å². The number of rotatable bonds is 8. The summed E-state index contributed by atoms with van der Waals surface area (Å²) in [5.74, 6) is 0.818. The molecule has 0 aliphatic rings. The van der Waals surface area contributed by atoms with Crippen molar-refractivity contribution in [2.75, 3.05) is 0 Å². The molecule has 0 aromatic heterocycles. The maximum Gasteiger partial charge on any atom is 0.115 e. The molecule has 0 amide bonds. The van der Waals surface area contributed by atoms with Gasteiger partial charge in [-0.05, 0) is 64.8 Å². The molecule has 152 valence electrons. The minimum atomic E-state index is 0.0511. The summed E-state index contributed by atoms with van der Waals surface area (Å²) < 4.78 is 0. The second-order valence-electron chi connectivity index (χ2n) is 9.29. The summed E-state index contributed by atoms with van der Waals surface area (Å²) >= 11 is 0. The standard InChI is InChI=1S/C28H34O/c1-27(2,23-13-7-5-8-14-23)26(28(3,4)24-15-9-6-10-16-24)17-11-12-22-18-20-25(29)21-19-22/h5-10,13-16,18-21,26,29H,11-12,17H2,1-4H3. The molecule has 0 fully saturated rings. The number of hydrogen-bond acceptors (Lipinski definition) is 1. The van der Waals surface area contributed by atoms with Gasteiger partial charge in [0.2, 0.25) is 0 Å². The predicted molar refractivity (Wildman–Crippen MR) is 123 cm³/mol. The molecule has 0 bridgehead atoms. The Labute approximate surface area is 176 Å². The minimum absolute atomic E-state index is 0.0511. The summed E-state index contributed by atoms with van der Waals surface area (Å²) in [6, 6.07) is 29.5. The molecule has 0 aliphatic heterocycles. The van der Waals surface area contributed by atoms with Crippen molar-refractivity contribution < 1.29 is 5.11 Å². The summed E-state index contributed by atoms with van der Waals surface area (Å²) in [6.45, 7) is 9.60. The van der Waals surface area contributed by atoms with E-state index >= 15 is 0 Å². The van der Waals surface area contributed by atoms with Crippen LogP contribution in [0.2, 0.25) is 0 Å². The summed E-state index contributed by atoms with van der Waals surface area (Å²) in [4.78, 5) is 0. The molecular formula is C28H34O. The molecule has 0 saturated carbocycles. The van der Waals surface area contributed by atoms with E-state index in [1.807, 2.05) is 12.1 Å². The molecule has 0 saturated heterocycles. The van der Waals surface area contributed by atoms with E-state index in [2.05, 4.69) is 88.4 Å². The quantitative estimate of drug-likeness (QED) is 0.431. The fraction of sp³-hybridized carbons (Fsp3) is 0.357. The highest BCUT2D eigenvalue weighted by Crippen LogP contribution is 2.46. The zero-order chi connectivity index (χ0) is 20.9. The summed E-state index contributed by atoms with van der Waals surface area (Å²) in [5, 5.41) is 9.54. The van der Waals surface area contributed by atoms with Crippen molar-refractivity contribution in [2.45, 2.75) is 57.8 Å². The zero-order valence-corrected chi connectivity index (χ0v) is 18.2. The van der Waals surface area contributed by atoms with Crippen molar-refractivity contribution in [3.63, 3.8) is 0 Å². The van der Waals surface area contributed by atoms with Crippen LogP contribution in [0, 0.1) is 5.92 Å². The van der Waals surface area contributed by atoms with Crippen LogP contribution in [0.15, 0.2) is 84.9 Å². The summed E-state index contributed by atoms with van der Waals surface area (Å²) in [5.41, 5.74) is 4.19. The van der Waals surface area contributed by atoms with Crippen molar-refractivity contribution >= 4 is 0 Å². The van der Waals surface area contributed by atoms with E-state index in [0.717, 1.165) is 19.3 Å². The Morgan fingerprint density at radius 2 is 1.10 bits per heavy atom. The molecule has 0 atom stereocenters. The first-order valence-corrected chi connectivity index (χ1v) is 10.7. The van der Waals surface area contributed by atoms with Gasteiger partial charge in [-0.25, -0.2) is 0 Å². The molecule has 0 spiro atoms. The van der Waals surface area contributed by atoms with E-state index in [1.54, 1.807) is 12.1 Å². The lowest BCUT2D eigenvalue weighted by atomic mass is 9.58. The van der Waals surface area contributed by atoms with Crippen LogP contribution < -0.4 is 0 Å². The molecule has 1 nitrogen and oxygen atoms in total. The smallest absolute Gasteiger partial charge is 0.115 e. The van der Waals surface area contributed by atoms with Crippen molar-refractivity contribution in [1.29, 1.82) is 0 Å². The van der Waals surface area contributed by atoms with Gasteiger partial charge in [-0.2, -0.15) is 0 Å². The van der Waals surface area contributed by atoms with Crippen LogP contribution in [0.25, 0.3) is 0 Å². The van der Waals surface area contributed by atoms with Gasteiger partial charge >= 0.3 is 0 Å². The van der Waals surface area contributed by atoms with E-state index in [0.29, 0.717) is 11.7 Å². The summed E-state index contributed by atoms with van der Waals surface area (Å²) in [6.07, 6.45) is 3.30. The average Bonchev–Trinajstić information content (AvgIpc) is 2.73. The number of benzene rings is 3. The molecule has 29 heavy (non-hydrogen) atoms. The van der Waals surface area contributed by atoms with Gasteiger partial charge in [0.1, 0.15) is 5.75 Å². The lowest BCUT2D eigenvalue weighted by Gasteiger charge is -2.46. The Hall–Kier alpha value is -2.54. The zero-order valence-electron chi connectivity index (χ0n) is 18.2. The van der Waals surface area contributed by atoms with Gasteiger partial charge in [0.25, 0.3) is 0 Å². The number of aromatic hydroxyl groups is 1. The van der Waals surface area contributed by atoms with Crippen LogP contribution in [0.5, 0.6) is 5.75 Å². The first-order chi connectivity index (χ1) is 13.8. The molecule has 3 rings (SSSR count). The first-order valence-electron chi connectivity index (χ1n) is 10.7. The fourth-order valence-electron chi connectivity index (χ4n) is 4.93. The van der Waals surface area contributed by atoms with Crippen LogP contribution in [0.3, 0.4) is 0 Å². The monoisotopic (exact) mass is 386 g/mol. The van der Waals surface area contributed by atoms with Gasteiger partial charge in [0, 0.05) is 0 Å². The Bertz CT molecular complexity index is 825. The third-order valence-electron chi connectivity index (χ3n) is 6.67.